The van der Waals surface area contributed by atoms with E-state index in [-0.39, 0.29) is 68.6 Å². The van der Waals surface area contributed by atoms with E-state index in [2.05, 4.69) is 12.7 Å². The molecule has 1 saturated carbocycles. The van der Waals surface area contributed by atoms with E-state index >= 15 is 0 Å². The average Bonchev–Trinajstić information content (AvgIpc) is 3.30. The molecule has 1 aliphatic heterocycles. The van der Waals surface area contributed by atoms with Gasteiger partial charge in [-0.1, -0.05) is 78.7 Å². The molecule has 2 aliphatic carbocycles. The SMILES string of the molecule is C=CCOC12Oc3ccc(Oc4cccc([N+](=O)[O-])c4)cc3C3C(CCCCO)C(CCCCO)C=C(C(=NOCc4ccccc4)CC1N(C)C(=O)Cc1cccc(OC)c1)C32. The van der Waals surface area contributed by atoms with Crippen LogP contribution in [0.1, 0.15) is 67.6 Å². The molecule has 4 aromatic rings. The standard InChI is InChI=1S/C50H57N3O10/c1-4-26-60-50-46(52(2)47(56)28-35-16-12-19-38(27-35)59-3)32-44(51-61-33-34-14-6-5-7-15-34)42-29-36(17-8-10-24-54)41(21-9-11-25-55)48(49(42)50)43-31-40(22-23-45(43)63-50)62-39-20-13-18-37(30-39)53(57)58/h4-7,12-16,18-20,22-23,27,29-31,36,41,46,48-49,54-55H,1,8-11,17,21,24-26,28,32-33H2,2-3H3. The number of allylic oxidation sites excluding steroid dienone is 1. The lowest BCUT2D eigenvalue weighted by Gasteiger charge is -2.59. The number of aliphatic hydroxyl groups excluding tert-OH is 2. The molecule has 6 atom stereocenters. The first-order valence-corrected chi connectivity index (χ1v) is 21.7. The second kappa shape index (κ2) is 20.9. The lowest BCUT2D eigenvalue weighted by atomic mass is 9.55. The van der Waals surface area contributed by atoms with Crippen molar-refractivity contribution in [3.8, 4) is 23.0 Å². The van der Waals surface area contributed by atoms with E-state index in [0.717, 1.165) is 47.9 Å². The normalized spacial score (nSPS) is 22.8. The van der Waals surface area contributed by atoms with Crippen LogP contribution >= 0.6 is 0 Å². The molecule has 0 saturated heterocycles. The maximum absolute atomic E-state index is 14.6. The highest BCUT2D eigenvalue weighted by Crippen LogP contribution is 2.62. The van der Waals surface area contributed by atoms with Gasteiger partial charge >= 0.3 is 0 Å². The van der Waals surface area contributed by atoms with E-state index in [1.807, 2.05) is 66.7 Å². The van der Waals surface area contributed by atoms with Crippen molar-refractivity contribution in [3.05, 3.63) is 148 Å². The Kier molecular flexibility index (Phi) is 14.9. The molecule has 1 heterocycles. The first-order chi connectivity index (χ1) is 30.7. The number of nitro groups is 1. The van der Waals surface area contributed by atoms with Gasteiger partial charge in [-0.05, 0) is 90.6 Å². The minimum Gasteiger partial charge on any atom is -0.497 e. The van der Waals surface area contributed by atoms with Crippen LogP contribution in [0.2, 0.25) is 0 Å². The third kappa shape index (κ3) is 10.1. The van der Waals surface area contributed by atoms with Crippen molar-refractivity contribution in [1.29, 1.82) is 0 Å². The maximum atomic E-state index is 14.6. The van der Waals surface area contributed by atoms with Gasteiger partial charge in [0.05, 0.1) is 42.8 Å². The van der Waals surface area contributed by atoms with E-state index < -0.39 is 22.7 Å². The zero-order chi connectivity index (χ0) is 44.3. The fourth-order valence-electron chi connectivity index (χ4n) is 9.60. The number of nitrogens with zero attached hydrogens (tertiary/aromatic N) is 3. The Balaban J connectivity index is 1.40. The highest BCUT2D eigenvalue weighted by Gasteiger charge is 2.65. The summed E-state index contributed by atoms with van der Waals surface area (Å²) in [6, 6.07) is 28.2. The maximum Gasteiger partial charge on any atom is 0.273 e. The molecule has 1 fully saturated rings. The predicted molar refractivity (Wildman–Crippen MR) is 239 cm³/mol. The van der Waals surface area contributed by atoms with E-state index in [9.17, 15) is 25.1 Å². The number of hydrogen-bond donors (Lipinski definition) is 2. The van der Waals surface area contributed by atoms with Gasteiger partial charge in [0.1, 0.15) is 35.6 Å². The fraction of sp³-hybridized carbons (Fsp3) is 0.400. The summed E-state index contributed by atoms with van der Waals surface area (Å²) in [4.78, 5) is 33.7. The van der Waals surface area contributed by atoms with Gasteiger partial charge in [0.25, 0.3) is 5.69 Å². The largest absolute Gasteiger partial charge is 0.497 e. The number of methoxy groups -OCH3 is 1. The number of oxime groups is 1. The van der Waals surface area contributed by atoms with Crippen LogP contribution in [0.5, 0.6) is 23.0 Å². The van der Waals surface area contributed by atoms with Gasteiger partial charge in [-0.2, -0.15) is 0 Å². The van der Waals surface area contributed by atoms with Crippen molar-refractivity contribution in [3.63, 3.8) is 0 Å². The molecular weight excluding hydrogens is 803 g/mol. The van der Waals surface area contributed by atoms with Crippen LogP contribution in [-0.4, -0.2) is 77.5 Å². The summed E-state index contributed by atoms with van der Waals surface area (Å²) < 4.78 is 26.1. The molecule has 7 rings (SSSR count). The van der Waals surface area contributed by atoms with Crippen LogP contribution in [0, 0.1) is 27.9 Å². The van der Waals surface area contributed by atoms with Gasteiger partial charge in [0.15, 0.2) is 0 Å². The quantitative estimate of drug-likeness (QED) is 0.0358. The molecule has 0 spiro atoms. The van der Waals surface area contributed by atoms with Crippen LogP contribution in [0.25, 0.3) is 0 Å². The van der Waals surface area contributed by atoms with Crippen molar-refractivity contribution in [2.75, 3.05) is 34.0 Å². The van der Waals surface area contributed by atoms with Crippen LogP contribution < -0.4 is 14.2 Å². The number of unbranched alkanes of at least 4 members (excludes halogenated alkanes) is 2. The van der Waals surface area contributed by atoms with Gasteiger partial charge in [-0.15, -0.1) is 6.58 Å². The molecule has 4 aromatic carbocycles. The second-order valence-corrected chi connectivity index (χ2v) is 16.4. The van der Waals surface area contributed by atoms with Gasteiger partial charge in [0, 0.05) is 44.2 Å². The van der Waals surface area contributed by atoms with Gasteiger partial charge in [-0.3, -0.25) is 14.9 Å². The average molecular weight is 860 g/mol. The number of benzene rings is 4. The third-order valence-corrected chi connectivity index (χ3v) is 12.5. The first kappa shape index (κ1) is 45.0. The molecule has 63 heavy (non-hydrogen) atoms. The van der Waals surface area contributed by atoms with Crippen molar-refractivity contribution in [2.45, 2.75) is 75.7 Å². The Morgan fingerprint density at radius 3 is 2.41 bits per heavy atom. The number of amides is 1. The molecule has 0 radical (unpaired) electrons. The summed E-state index contributed by atoms with van der Waals surface area (Å²) in [6.07, 6.45) is 8.69. The molecule has 2 N–H and O–H groups in total. The smallest absolute Gasteiger partial charge is 0.273 e. The topological polar surface area (TPSA) is 162 Å². The van der Waals surface area contributed by atoms with E-state index in [1.54, 1.807) is 43.3 Å². The Morgan fingerprint density at radius 2 is 1.67 bits per heavy atom. The summed E-state index contributed by atoms with van der Waals surface area (Å²) in [5.41, 5.74) is 4.11. The number of aliphatic hydroxyl groups is 2. The second-order valence-electron chi connectivity index (χ2n) is 16.4. The summed E-state index contributed by atoms with van der Waals surface area (Å²) >= 11 is 0. The summed E-state index contributed by atoms with van der Waals surface area (Å²) in [5, 5.41) is 36.4. The third-order valence-electron chi connectivity index (χ3n) is 12.5. The number of rotatable bonds is 21. The number of hydrogen-bond acceptors (Lipinski definition) is 11. The van der Waals surface area contributed by atoms with Crippen molar-refractivity contribution >= 4 is 17.3 Å². The molecule has 0 bridgehead atoms. The summed E-state index contributed by atoms with van der Waals surface area (Å²) in [7, 11) is 3.38. The molecule has 3 aliphatic rings. The first-order valence-electron chi connectivity index (χ1n) is 21.7. The molecule has 332 valence electrons. The Morgan fingerprint density at radius 1 is 0.937 bits per heavy atom. The van der Waals surface area contributed by atoms with Crippen molar-refractivity contribution < 1.29 is 43.7 Å². The van der Waals surface area contributed by atoms with Gasteiger partial charge in [0.2, 0.25) is 11.7 Å². The zero-order valence-electron chi connectivity index (χ0n) is 36.0. The summed E-state index contributed by atoms with van der Waals surface area (Å²) in [5.74, 6) is -0.365. The molecular formula is C50H57N3O10. The minimum atomic E-state index is -1.43. The Bertz CT molecular complexity index is 2280. The number of likely N-dealkylation sites (N-methyl/N-ethyl adjacent to an activating group) is 1. The lowest BCUT2D eigenvalue weighted by molar-refractivity contribution is -0.384. The number of carbonyl (C=O) groups excluding carboxylic acids is 1. The van der Waals surface area contributed by atoms with Crippen LogP contribution in [0.4, 0.5) is 5.69 Å². The fourth-order valence-corrected chi connectivity index (χ4v) is 9.60. The predicted octanol–water partition coefficient (Wildman–Crippen LogP) is 8.93. The van der Waals surface area contributed by atoms with Crippen LogP contribution in [0.3, 0.4) is 0 Å². The molecule has 0 aromatic heterocycles. The van der Waals surface area contributed by atoms with Crippen molar-refractivity contribution in [2.24, 2.45) is 22.9 Å². The molecule has 13 nitrogen and oxygen atoms in total. The Hall–Kier alpha value is -6.02. The monoisotopic (exact) mass is 859 g/mol. The number of non-ortho nitro benzene ring substituents is 1. The van der Waals surface area contributed by atoms with E-state index in [1.165, 1.54) is 12.1 Å². The highest BCUT2D eigenvalue weighted by atomic mass is 16.7. The minimum absolute atomic E-state index is 0.00515. The van der Waals surface area contributed by atoms with Crippen LogP contribution in [-0.2, 0) is 27.4 Å². The number of fused-ring (bicyclic) bond motifs is 2. The Labute approximate surface area is 368 Å². The van der Waals surface area contributed by atoms with E-state index in [0.29, 0.717) is 41.6 Å². The number of ether oxygens (including phenoxy) is 4. The van der Waals surface area contributed by atoms with Crippen LogP contribution in [0.15, 0.2) is 127 Å². The lowest BCUT2D eigenvalue weighted by Crippen LogP contribution is -2.69. The number of carbonyl (C=O) groups is 1. The van der Waals surface area contributed by atoms with Gasteiger partial charge in [-0.25, -0.2) is 0 Å². The number of nitro benzene ring substituents is 1. The highest BCUT2D eigenvalue weighted by molar-refractivity contribution is 6.03. The summed E-state index contributed by atoms with van der Waals surface area (Å²) in [6.45, 7) is 4.51. The van der Waals surface area contributed by atoms with Crippen molar-refractivity contribution in [1.82, 2.24) is 4.90 Å². The van der Waals surface area contributed by atoms with E-state index in [4.69, 9.17) is 28.9 Å². The molecule has 13 heteroatoms. The molecule has 6 unspecified atom stereocenters. The zero-order valence-corrected chi connectivity index (χ0v) is 36.0. The van der Waals surface area contributed by atoms with Gasteiger partial charge < -0.3 is 38.9 Å². The molecule has 1 amide bonds.